The van der Waals surface area contributed by atoms with Gasteiger partial charge in [-0.15, -0.1) is 0 Å². The van der Waals surface area contributed by atoms with Crippen LogP contribution >= 0.6 is 0 Å². The van der Waals surface area contributed by atoms with Crippen molar-refractivity contribution in [3.05, 3.63) is 47.9 Å². The number of nitrogens with two attached hydrogens (primary N) is 1. The van der Waals surface area contributed by atoms with Crippen molar-refractivity contribution in [2.45, 2.75) is 32.4 Å². The van der Waals surface area contributed by atoms with Crippen LogP contribution in [0.25, 0.3) is 0 Å². The van der Waals surface area contributed by atoms with Crippen molar-refractivity contribution < 1.29 is 27.5 Å². The second-order valence-electron chi connectivity index (χ2n) is 7.15. The van der Waals surface area contributed by atoms with Crippen LogP contribution in [0.5, 0.6) is 5.75 Å². The van der Waals surface area contributed by atoms with Gasteiger partial charge in [0, 0.05) is 12.6 Å². The van der Waals surface area contributed by atoms with E-state index in [0.29, 0.717) is 13.0 Å². The first-order valence-corrected chi connectivity index (χ1v) is 9.32. The molecular formula is C20H21F3N4O3. The van der Waals surface area contributed by atoms with Gasteiger partial charge in [-0.3, -0.25) is 9.59 Å². The number of ether oxygens (including phenoxy) is 1. The number of anilines is 2. The number of nitrogens with zero attached hydrogens (tertiary/aromatic N) is 2. The molecule has 3 rings (SSSR count). The van der Waals surface area contributed by atoms with Crippen LogP contribution < -0.4 is 15.8 Å². The Morgan fingerprint density at radius 3 is 2.63 bits per heavy atom. The molecule has 0 aliphatic carbocycles. The standard InChI is InChI=1S/C20H21F3N4O3/c1-11-2-7-15(12-3-5-13(21)6-4-12)27(10-11)19(29)18(28)26-14-8-16(30-20(22)23)17(24)25-9-14/h3-6,8-9,11,15,20H,2,7,10H2,1H3,(H2,24,25)(H,26,28). The van der Waals surface area contributed by atoms with Gasteiger partial charge in [-0.25, -0.2) is 9.37 Å². The Morgan fingerprint density at radius 1 is 1.27 bits per heavy atom. The largest absolute Gasteiger partial charge is 0.431 e. The molecule has 2 atom stereocenters. The molecule has 0 radical (unpaired) electrons. The van der Waals surface area contributed by atoms with Gasteiger partial charge in [0.2, 0.25) is 0 Å². The average molecular weight is 422 g/mol. The van der Waals surface area contributed by atoms with Crippen LogP contribution in [0.1, 0.15) is 31.4 Å². The fraction of sp³-hybridized carbons (Fsp3) is 0.350. The van der Waals surface area contributed by atoms with Crippen molar-refractivity contribution in [2.75, 3.05) is 17.6 Å². The SMILES string of the molecule is CC1CCC(c2ccc(F)cc2)N(C(=O)C(=O)Nc2cnc(N)c(OC(F)F)c2)C1. The number of carbonyl (C=O) groups excluding carboxylic acids is 2. The summed E-state index contributed by atoms with van der Waals surface area (Å²) in [5.41, 5.74) is 6.19. The molecule has 1 aromatic carbocycles. The molecule has 7 nitrogen and oxygen atoms in total. The predicted octanol–water partition coefficient (Wildman–Crippen LogP) is 3.34. The number of piperidine rings is 1. The lowest BCUT2D eigenvalue weighted by Gasteiger charge is -2.38. The van der Waals surface area contributed by atoms with Crippen molar-refractivity contribution in [2.24, 2.45) is 5.92 Å². The molecule has 2 unspecified atom stereocenters. The van der Waals surface area contributed by atoms with Gasteiger partial charge in [-0.2, -0.15) is 8.78 Å². The third-order valence-electron chi connectivity index (χ3n) is 4.88. The quantitative estimate of drug-likeness (QED) is 0.737. The Morgan fingerprint density at radius 2 is 1.97 bits per heavy atom. The predicted molar refractivity (Wildman–Crippen MR) is 103 cm³/mol. The number of rotatable bonds is 4. The number of amides is 2. The van der Waals surface area contributed by atoms with Crippen LogP contribution in [-0.2, 0) is 9.59 Å². The summed E-state index contributed by atoms with van der Waals surface area (Å²) in [6.45, 7) is -0.793. The molecule has 160 valence electrons. The van der Waals surface area contributed by atoms with Crippen LogP contribution in [0.4, 0.5) is 24.7 Å². The number of carbonyl (C=O) groups is 2. The van der Waals surface area contributed by atoms with Gasteiger partial charge in [0.15, 0.2) is 11.6 Å². The summed E-state index contributed by atoms with van der Waals surface area (Å²) in [4.78, 5) is 30.6. The van der Waals surface area contributed by atoms with E-state index in [1.165, 1.54) is 17.0 Å². The summed E-state index contributed by atoms with van der Waals surface area (Å²) in [5.74, 6) is -2.64. The van der Waals surface area contributed by atoms with Crippen LogP contribution in [0.15, 0.2) is 36.5 Å². The molecule has 3 N–H and O–H groups in total. The number of aromatic nitrogens is 1. The van der Waals surface area contributed by atoms with Crippen LogP contribution in [0, 0.1) is 11.7 Å². The minimum atomic E-state index is -3.12. The zero-order valence-corrected chi connectivity index (χ0v) is 16.1. The molecule has 1 aliphatic heterocycles. The topological polar surface area (TPSA) is 97.6 Å². The van der Waals surface area contributed by atoms with Gasteiger partial charge >= 0.3 is 18.4 Å². The second-order valence-corrected chi connectivity index (χ2v) is 7.15. The molecule has 30 heavy (non-hydrogen) atoms. The van der Waals surface area contributed by atoms with Gasteiger partial charge < -0.3 is 20.7 Å². The number of nitrogen functional groups attached to an aromatic ring is 1. The molecule has 1 aliphatic rings. The number of hydrogen-bond donors (Lipinski definition) is 2. The summed E-state index contributed by atoms with van der Waals surface area (Å²) in [6.07, 6.45) is 2.61. The second kappa shape index (κ2) is 9.02. The number of benzene rings is 1. The zero-order chi connectivity index (χ0) is 21.8. The van der Waals surface area contributed by atoms with Crippen molar-refractivity contribution in [3.63, 3.8) is 0 Å². The Kier molecular flexibility index (Phi) is 6.43. The van der Waals surface area contributed by atoms with E-state index < -0.39 is 30.0 Å². The van der Waals surface area contributed by atoms with Crippen LogP contribution in [0.3, 0.4) is 0 Å². The fourth-order valence-corrected chi connectivity index (χ4v) is 3.44. The minimum absolute atomic E-state index is 0.0124. The number of pyridine rings is 1. The van der Waals surface area contributed by atoms with E-state index in [-0.39, 0.29) is 23.5 Å². The molecule has 1 saturated heterocycles. The van der Waals surface area contributed by atoms with Gasteiger partial charge in [0.05, 0.1) is 17.9 Å². The first kappa shape index (κ1) is 21.4. The third-order valence-corrected chi connectivity index (χ3v) is 4.88. The molecule has 2 heterocycles. The van der Waals surface area contributed by atoms with Gasteiger partial charge in [0.1, 0.15) is 5.82 Å². The van der Waals surface area contributed by atoms with E-state index in [1.807, 2.05) is 6.92 Å². The Labute approximate surface area is 171 Å². The van der Waals surface area contributed by atoms with Gasteiger partial charge in [-0.1, -0.05) is 19.1 Å². The van der Waals surface area contributed by atoms with E-state index in [9.17, 15) is 22.8 Å². The van der Waals surface area contributed by atoms with Crippen molar-refractivity contribution in [1.82, 2.24) is 9.88 Å². The molecular weight excluding hydrogens is 401 g/mol. The molecule has 0 bridgehead atoms. The number of nitrogens with one attached hydrogen (secondary N) is 1. The molecule has 1 aromatic heterocycles. The highest BCUT2D eigenvalue weighted by atomic mass is 19.3. The molecule has 0 saturated carbocycles. The first-order valence-electron chi connectivity index (χ1n) is 9.32. The Hall–Kier alpha value is -3.30. The monoisotopic (exact) mass is 422 g/mol. The molecule has 2 amide bonds. The number of alkyl halides is 2. The molecule has 0 spiro atoms. The summed E-state index contributed by atoms with van der Waals surface area (Å²) < 4.78 is 42.4. The van der Waals surface area contributed by atoms with Crippen molar-refractivity contribution in [3.8, 4) is 5.75 Å². The fourth-order valence-electron chi connectivity index (χ4n) is 3.44. The first-order chi connectivity index (χ1) is 14.2. The number of hydrogen-bond acceptors (Lipinski definition) is 5. The maximum Gasteiger partial charge on any atom is 0.387 e. The molecule has 10 heteroatoms. The average Bonchev–Trinajstić information content (AvgIpc) is 2.70. The lowest BCUT2D eigenvalue weighted by Crippen LogP contribution is -2.46. The lowest BCUT2D eigenvalue weighted by atomic mass is 9.90. The summed E-state index contributed by atoms with van der Waals surface area (Å²) >= 11 is 0. The third kappa shape index (κ3) is 5.00. The van der Waals surface area contributed by atoms with Gasteiger partial charge in [0.25, 0.3) is 0 Å². The summed E-state index contributed by atoms with van der Waals surface area (Å²) in [5, 5.41) is 2.34. The Balaban J connectivity index is 1.77. The number of halogens is 3. The van der Waals surface area contributed by atoms with Crippen molar-refractivity contribution >= 4 is 23.3 Å². The van der Waals surface area contributed by atoms with Gasteiger partial charge in [-0.05, 0) is 36.5 Å². The highest BCUT2D eigenvalue weighted by Crippen LogP contribution is 2.33. The molecule has 2 aromatic rings. The van der Waals surface area contributed by atoms with Crippen molar-refractivity contribution in [1.29, 1.82) is 0 Å². The smallest absolute Gasteiger partial charge is 0.387 e. The highest BCUT2D eigenvalue weighted by molar-refractivity contribution is 6.39. The van der Waals surface area contributed by atoms with E-state index in [2.05, 4.69) is 15.0 Å². The maximum atomic E-state index is 13.3. The Bertz CT molecular complexity index is 924. The van der Waals surface area contributed by atoms with Crippen LogP contribution in [0.2, 0.25) is 0 Å². The van der Waals surface area contributed by atoms with E-state index in [1.54, 1.807) is 12.1 Å². The highest BCUT2D eigenvalue weighted by Gasteiger charge is 2.34. The van der Waals surface area contributed by atoms with E-state index >= 15 is 0 Å². The summed E-state index contributed by atoms with van der Waals surface area (Å²) in [7, 11) is 0. The minimum Gasteiger partial charge on any atom is -0.431 e. The molecule has 1 fully saturated rings. The normalized spacial score (nSPS) is 18.9. The van der Waals surface area contributed by atoms with E-state index in [4.69, 9.17) is 5.73 Å². The maximum absolute atomic E-state index is 13.3. The number of likely N-dealkylation sites (tertiary alicyclic amines) is 1. The zero-order valence-electron chi connectivity index (χ0n) is 16.1. The summed E-state index contributed by atoms with van der Waals surface area (Å²) in [6, 6.07) is 6.48. The van der Waals surface area contributed by atoms with E-state index in [0.717, 1.165) is 24.2 Å². The van der Waals surface area contributed by atoms with Crippen LogP contribution in [-0.4, -0.2) is 34.9 Å². The lowest BCUT2D eigenvalue weighted by molar-refractivity contribution is -0.146.